The van der Waals surface area contributed by atoms with E-state index in [1.165, 1.54) is 46.6 Å². The maximum Gasteiger partial charge on any atom is 0.264 e. The van der Waals surface area contributed by atoms with Crippen molar-refractivity contribution in [2.75, 3.05) is 44.6 Å². The molecule has 0 fully saturated rings. The zero-order valence-corrected chi connectivity index (χ0v) is 21.0. The number of amides is 1. The number of hydrogen-bond donors (Lipinski definition) is 1. The van der Waals surface area contributed by atoms with Gasteiger partial charge in [0.05, 0.1) is 44.7 Å². The van der Waals surface area contributed by atoms with Crippen LogP contribution in [0, 0.1) is 6.92 Å². The number of aryl methyl sites for hydroxylation is 1. The summed E-state index contributed by atoms with van der Waals surface area (Å²) in [5.74, 6) is 1.01. The van der Waals surface area contributed by atoms with Gasteiger partial charge in [0.25, 0.3) is 10.0 Å². The molecule has 0 atom stereocenters. The van der Waals surface area contributed by atoms with Crippen LogP contribution in [-0.2, 0) is 14.8 Å². The number of benzene rings is 3. The Morgan fingerprint density at radius 1 is 0.800 bits per heavy atom. The molecule has 0 saturated heterocycles. The fourth-order valence-electron chi connectivity index (χ4n) is 3.36. The summed E-state index contributed by atoms with van der Waals surface area (Å²) in [4.78, 5) is 13.2. The molecule has 0 spiro atoms. The first-order valence-electron chi connectivity index (χ1n) is 10.6. The van der Waals surface area contributed by atoms with Crippen LogP contribution < -0.4 is 28.6 Å². The predicted octanol–water partition coefficient (Wildman–Crippen LogP) is 3.86. The minimum Gasteiger partial charge on any atom is -0.497 e. The molecular weight excluding hydrogens is 472 g/mol. The molecule has 186 valence electrons. The highest BCUT2D eigenvalue weighted by atomic mass is 32.2. The largest absolute Gasteiger partial charge is 0.497 e. The number of carbonyl (C=O) groups is 1. The predicted molar refractivity (Wildman–Crippen MR) is 133 cm³/mol. The molecule has 0 aliphatic heterocycles. The Bertz CT molecular complexity index is 1290. The van der Waals surface area contributed by atoms with Crippen LogP contribution in [0.1, 0.15) is 5.56 Å². The highest BCUT2D eigenvalue weighted by Gasteiger charge is 2.30. The highest BCUT2D eigenvalue weighted by Crippen LogP contribution is 2.36. The van der Waals surface area contributed by atoms with E-state index in [0.29, 0.717) is 22.9 Å². The van der Waals surface area contributed by atoms with E-state index >= 15 is 0 Å². The van der Waals surface area contributed by atoms with Gasteiger partial charge in [0.1, 0.15) is 29.5 Å². The van der Waals surface area contributed by atoms with Crippen molar-refractivity contribution in [3.63, 3.8) is 0 Å². The van der Waals surface area contributed by atoms with Crippen LogP contribution >= 0.6 is 0 Å². The Kier molecular flexibility index (Phi) is 8.08. The molecular formula is C25H28N2O7S. The number of anilines is 2. The lowest BCUT2D eigenvalue weighted by Crippen LogP contribution is -2.38. The molecule has 0 aliphatic carbocycles. The quantitative estimate of drug-likeness (QED) is 0.451. The monoisotopic (exact) mass is 500 g/mol. The van der Waals surface area contributed by atoms with Crippen molar-refractivity contribution in [1.29, 1.82) is 0 Å². The number of hydrogen-bond acceptors (Lipinski definition) is 7. The average Bonchev–Trinajstić information content (AvgIpc) is 2.87. The summed E-state index contributed by atoms with van der Waals surface area (Å²) in [6.45, 7) is 1.33. The Hall–Kier alpha value is -3.92. The second-order valence-electron chi connectivity index (χ2n) is 7.48. The Balaban J connectivity index is 2.04. The Morgan fingerprint density at radius 3 is 2.00 bits per heavy atom. The third kappa shape index (κ3) is 5.78. The molecule has 35 heavy (non-hydrogen) atoms. The van der Waals surface area contributed by atoms with E-state index in [4.69, 9.17) is 18.9 Å². The number of nitrogens with zero attached hydrogens (tertiary/aromatic N) is 1. The van der Waals surface area contributed by atoms with E-state index in [0.717, 1.165) is 9.87 Å². The van der Waals surface area contributed by atoms with Gasteiger partial charge in [-0.25, -0.2) is 8.42 Å². The molecule has 0 aliphatic rings. The fourth-order valence-corrected chi connectivity index (χ4v) is 4.79. The molecule has 3 rings (SSSR count). The van der Waals surface area contributed by atoms with Crippen molar-refractivity contribution in [2.24, 2.45) is 0 Å². The van der Waals surface area contributed by atoms with Crippen LogP contribution in [0.25, 0.3) is 0 Å². The molecule has 10 heteroatoms. The number of sulfonamides is 1. The zero-order valence-electron chi connectivity index (χ0n) is 20.2. The Morgan fingerprint density at radius 2 is 1.40 bits per heavy atom. The first-order valence-corrected chi connectivity index (χ1v) is 12.0. The summed E-state index contributed by atoms with van der Waals surface area (Å²) in [7, 11) is 1.73. The maximum absolute atomic E-state index is 13.7. The standard InChI is InChI=1S/C25H28N2O7S/c1-17-6-10-20(11-7-17)35(29,30)27(22-12-8-19(32-3)15-24(22)34-5)16-25(28)26-21-14-18(31-2)9-13-23(21)33-4/h6-15H,16H2,1-5H3,(H,26,28). The first kappa shape index (κ1) is 25.7. The lowest BCUT2D eigenvalue weighted by molar-refractivity contribution is -0.114. The summed E-state index contributed by atoms with van der Waals surface area (Å²) in [6, 6.07) is 16.0. The van der Waals surface area contributed by atoms with E-state index < -0.39 is 22.5 Å². The second kappa shape index (κ2) is 11.0. The molecule has 0 radical (unpaired) electrons. The zero-order chi connectivity index (χ0) is 25.6. The van der Waals surface area contributed by atoms with Crippen LogP contribution in [-0.4, -0.2) is 49.3 Å². The van der Waals surface area contributed by atoms with Crippen molar-refractivity contribution in [3.8, 4) is 23.0 Å². The third-order valence-corrected chi connectivity index (χ3v) is 7.01. The van der Waals surface area contributed by atoms with Gasteiger partial charge in [-0.3, -0.25) is 9.10 Å². The highest BCUT2D eigenvalue weighted by molar-refractivity contribution is 7.92. The van der Waals surface area contributed by atoms with Crippen LogP contribution in [0.5, 0.6) is 23.0 Å². The first-order chi connectivity index (χ1) is 16.7. The number of methoxy groups -OCH3 is 4. The van der Waals surface area contributed by atoms with E-state index in [1.807, 2.05) is 6.92 Å². The summed E-state index contributed by atoms with van der Waals surface area (Å²) >= 11 is 0. The smallest absolute Gasteiger partial charge is 0.264 e. The molecule has 1 N–H and O–H groups in total. The summed E-state index contributed by atoms with van der Waals surface area (Å²) in [5, 5.41) is 2.71. The number of ether oxygens (including phenoxy) is 4. The topological polar surface area (TPSA) is 103 Å². The second-order valence-corrected chi connectivity index (χ2v) is 9.34. The van der Waals surface area contributed by atoms with E-state index in [9.17, 15) is 13.2 Å². The van der Waals surface area contributed by atoms with Gasteiger partial charge in [0.2, 0.25) is 5.91 Å². The molecule has 0 saturated carbocycles. The van der Waals surface area contributed by atoms with E-state index in [-0.39, 0.29) is 16.3 Å². The molecule has 3 aromatic rings. The lowest BCUT2D eigenvalue weighted by atomic mass is 10.2. The van der Waals surface area contributed by atoms with Crippen LogP contribution in [0.4, 0.5) is 11.4 Å². The average molecular weight is 501 g/mol. The van der Waals surface area contributed by atoms with Gasteiger partial charge >= 0.3 is 0 Å². The molecule has 3 aromatic carbocycles. The van der Waals surface area contributed by atoms with Crippen molar-refractivity contribution in [2.45, 2.75) is 11.8 Å². The van der Waals surface area contributed by atoms with E-state index in [2.05, 4.69) is 5.32 Å². The minimum absolute atomic E-state index is 0.0349. The number of rotatable bonds is 10. The number of carbonyl (C=O) groups excluding carboxylic acids is 1. The van der Waals surface area contributed by atoms with Gasteiger partial charge in [0, 0.05) is 12.1 Å². The van der Waals surface area contributed by atoms with Gasteiger partial charge in [-0.1, -0.05) is 17.7 Å². The van der Waals surface area contributed by atoms with Gasteiger partial charge < -0.3 is 24.3 Å². The minimum atomic E-state index is -4.14. The van der Waals surface area contributed by atoms with Crippen molar-refractivity contribution in [1.82, 2.24) is 0 Å². The van der Waals surface area contributed by atoms with Gasteiger partial charge in [-0.05, 0) is 43.3 Å². The third-order valence-electron chi connectivity index (χ3n) is 5.23. The van der Waals surface area contributed by atoms with Crippen LogP contribution in [0.3, 0.4) is 0 Å². The maximum atomic E-state index is 13.7. The van der Waals surface area contributed by atoms with Gasteiger partial charge in [-0.2, -0.15) is 0 Å². The molecule has 0 heterocycles. The molecule has 0 bridgehead atoms. The number of nitrogens with one attached hydrogen (secondary N) is 1. The fraction of sp³-hybridized carbons (Fsp3) is 0.240. The SMILES string of the molecule is COc1ccc(OC)c(NC(=O)CN(c2ccc(OC)cc2OC)S(=O)(=O)c2ccc(C)cc2)c1. The molecule has 1 amide bonds. The summed E-state index contributed by atoms with van der Waals surface area (Å²) in [6.07, 6.45) is 0. The summed E-state index contributed by atoms with van der Waals surface area (Å²) < 4.78 is 49.6. The molecule has 0 aromatic heterocycles. The van der Waals surface area contributed by atoms with E-state index in [1.54, 1.807) is 42.5 Å². The lowest BCUT2D eigenvalue weighted by Gasteiger charge is -2.26. The van der Waals surface area contributed by atoms with Gasteiger partial charge in [0.15, 0.2) is 0 Å². The van der Waals surface area contributed by atoms with Crippen LogP contribution in [0.2, 0.25) is 0 Å². The van der Waals surface area contributed by atoms with Crippen molar-refractivity contribution >= 4 is 27.3 Å². The van der Waals surface area contributed by atoms with Crippen LogP contribution in [0.15, 0.2) is 65.6 Å². The summed E-state index contributed by atoms with van der Waals surface area (Å²) in [5.41, 5.74) is 1.42. The normalized spacial score (nSPS) is 10.9. The Labute approximate surface area is 205 Å². The van der Waals surface area contributed by atoms with Crippen molar-refractivity contribution < 1.29 is 32.2 Å². The molecule has 0 unspecified atom stereocenters. The van der Waals surface area contributed by atoms with Crippen molar-refractivity contribution in [3.05, 3.63) is 66.2 Å². The molecule has 9 nitrogen and oxygen atoms in total. The van der Waals surface area contributed by atoms with Gasteiger partial charge in [-0.15, -0.1) is 0 Å².